The molecule has 0 aromatic heterocycles. The van der Waals surface area contributed by atoms with Crippen molar-refractivity contribution < 1.29 is 9.53 Å². The minimum absolute atomic E-state index is 0.0237. The molecule has 2 fully saturated rings. The summed E-state index contributed by atoms with van der Waals surface area (Å²) < 4.78 is 4.85. The molecule has 0 radical (unpaired) electrons. The topological polar surface area (TPSA) is 29.5 Å². The van der Waals surface area contributed by atoms with Crippen LogP contribution < -0.4 is 0 Å². The van der Waals surface area contributed by atoms with Crippen molar-refractivity contribution in [1.29, 1.82) is 0 Å². The highest BCUT2D eigenvalue weighted by atomic mass is 16.5. The first-order valence-electron chi connectivity index (χ1n) is 5.15. The number of methoxy groups -OCH3 is 1. The van der Waals surface area contributed by atoms with E-state index in [0.717, 1.165) is 13.1 Å². The van der Waals surface area contributed by atoms with Gasteiger partial charge in [0, 0.05) is 0 Å². The predicted octanol–water partition coefficient (Wildman–Crippen LogP) is 1.03. The average Bonchev–Trinajstić information content (AvgIpc) is 2.81. The molecule has 1 heterocycles. The highest BCUT2D eigenvalue weighted by Crippen LogP contribution is 2.37. The van der Waals surface area contributed by atoms with E-state index >= 15 is 0 Å². The third-order valence-electron chi connectivity index (χ3n) is 3.05. The third kappa shape index (κ3) is 1.85. The Morgan fingerprint density at radius 3 is 2.46 bits per heavy atom. The molecule has 1 aliphatic heterocycles. The molecular weight excluding hydrogens is 166 g/mol. The lowest BCUT2D eigenvalue weighted by molar-refractivity contribution is -0.147. The Morgan fingerprint density at radius 2 is 2.00 bits per heavy atom. The molecule has 0 aromatic rings. The molecule has 2 aliphatic rings. The first-order valence-corrected chi connectivity index (χ1v) is 5.15. The summed E-state index contributed by atoms with van der Waals surface area (Å²) in [5.74, 6) is 0.565. The van der Waals surface area contributed by atoms with Gasteiger partial charge in [-0.2, -0.15) is 0 Å². The molecule has 2 rings (SSSR count). The highest BCUT2D eigenvalue weighted by Gasteiger charge is 2.41. The summed E-state index contributed by atoms with van der Waals surface area (Å²) in [6.07, 6.45) is 4.88. The summed E-state index contributed by atoms with van der Waals surface area (Å²) in [5.41, 5.74) is 0. The molecule has 3 heteroatoms. The second kappa shape index (κ2) is 3.66. The lowest BCUT2D eigenvalue weighted by Crippen LogP contribution is -2.41. The number of esters is 1. The van der Waals surface area contributed by atoms with Crippen LogP contribution in [0.3, 0.4) is 0 Å². The first-order chi connectivity index (χ1) is 6.33. The number of nitrogens with zero attached hydrogens (tertiary/aromatic N) is 1. The minimum atomic E-state index is -0.0237. The molecule has 0 spiro atoms. The molecule has 0 N–H and O–H groups in total. The van der Waals surface area contributed by atoms with Gasteiger partial charge in [0.1, 0.15) is 6.04 Å². The molecule has 0 aromatic carbocycles. The number of carbonyl (C=O) groups excluding carboxylic acids is 1. The van der Waals surface area contributed by atoms with Gasteiger partial charge in [-0.25, -0.2) is 0 Å². The van der Waals surface area contributed by atoms with E-state index in [0.29, 0.717) is 5.92 Å². The van der Waals surface area contributed by atoms with Crippen LogP contribution in [-0.4, -0.2) is 37.1 Å². The van der Waals surface area contributed by atoms with E-state index in [2.05, 4.69) is 4.90 Å². The SMILES string of the molecule is COC(=O)C(C1CC1)N1CCCC1. The van der Waals surface area contributed by atoms with Crippen molar-refractivity contribution in [3.8, 4) is 0 Å². The zero-order valence-electron chi connectivity index (χ0n) is 8.16. The van der Waals surface area contributed by atoms with Crippen LogP contribution in [0, 0.1) is 5.92 Å². The van der Waals surface area contributed by atoms with Crippen molar-refractivity contribution in [3.05, 3.63) is 0 Å². The summed E-state index contributed by atoms with van der Waals surface area (Å²) in [6, 6.07) is 0.0764. The van der Waals surface area contributed by atoms with E-state index in [-0.39, 0.29) is 12.0 Å². The van der Waals surface area contributed by atoms with Crippen LogP contribution in [-0.2, 0) is 9.53 Å². The fourth-order valence-electron chi connectivity index (χ4n) is 2.19. The number of ether oxygens (including phenoxy) is 1. The number of hydrogen-bond acceptors (Lipinski definition) is 3. The molecule has 1 atom stereocenters. The molecule has 74 valence electrons. The lowest BCUT2D eigenvalue weighted by Gasteiger charge is -2.24. The van der Waals surface area contributed by atoms with Gasteiger partial charge < -0.3 is 4.74 Å². The van der Waals surface area contributed by atoms with Crippen molar-refractivity contribution in [3.63, 3.8) is 0 Å². The predicted molar refractivity (Wildman–Crippen MR) is 49.3 cm³/mol. The number of likely N-dealkylation sites (tertiary alicyclic amines) is 1. The lowest BCUT2D eigenvalue weighted by atomic mass is 10.1. The molecule has 1 aliphatic carbocycles. The van der Waals surface area contributed by atoms with E-state index < -0.39 is 0 Å². The molecule has 0 amide bonds. The van der Waals surface area contributed by atoms with Crippen LogP contribution in [0.25, 0.3) is 0 Å². The van der Waals surface area contributed by atoms with Crippen LogP contribution in [0.4, 0.5) is 0 Å². The van der Waals surface area contributed by atoms with Crippen molar-refractivity contribution in [2.45, 2.75) is 31.7 Å². The van der Waals surface area contributed by atoms with Gasteiger partial charge in [-0.3, -0.25) is 9.69 Å². The Hall–Kier alpha value is -0.570. The molecule has 3 nitrogen and oxygen atoms in total. The fraction of sp³-hybridized carbons (Fsp3) is 0.900. The van der Waals surface area contributed by atoms with Crippen LogP contribution >= 0.6 is 0 Å². The van der Waals surface area contributed by atoms with Crippen LogP contribution in [0.2, 0.25) is 0 Å². The van der Waals surface area contributed by atoms with Crippen LogP contribution in [0.5, 0.6) is 0 Å². The second-order valence-corrected chi connectivity index (χ2v) is 4.05. The Morgan fingerprint density at radius 1 is 1.38 bits per heavy atom. The van der Waals surface area contributed by atoms with Crippen molar-refractivity contribution in [2.24, 2.45) is 5.92 Å². The molecule has 0 bridgehead atoms. The Balaban J connectivity index is 1.99. The van der Waals surface area contributed by atoms with E-state index in [1.54, 1.807) is 0 Å². The maximum atomic E-state index is 11.5. The second-order valence-electron chi connectivity index (χ2n) is 4.05. The van der Waals surface area contributed by atoms with Crippen LogP contribution in [0.15, 0.2) is 0 Å². The van der Waals surface area contributed by atoms with E-state index in [4.69, 9.17) is 4.74 Å². The van der Waals surface area contributed by atoms with Gasteiger partial charge in [-0.05, 0) is 44.7 Å². The van der Waals surface area contributed by atoms with Crippen molar-refractivity contribution in [2.75, 3.05) is 20.2 Å². The molecule has 1 saturated heterocycles. The minimum Gasteiger partial charge on any atom is -0.468 e. The van der Waals surface area contributed by atoms with Gasteiger partial charge in [-0.15, -0.1) is 0 Å². The summed E-state index contributed by atoms with van der Waals surface area (Å²) in [6.45, 7) is 2.16. The monoisotopic (exact) mass is 183 g/mol. The Bertz CT molecular complexity index is 195. The summed E-state index contributed by atoms with van der Waals surface area (Å²) in [5, 5.41) is 0. The zero-order chi connectivity index (χ0) is 9.26. The quantitative estimate of drug-likeness (QED) is 0.612. The third-order valence-corrected chi connectivity index (χ3v) is 3.05. The van der Waals surface area contributed by atoms with E-state index in [1.807, 2.05) is 0 Å². The Labute approximate surface area is 79.0 Å². The van der Waals surface area contributed by atoms with Gasteiger partial charge in [0.05, 0.1) is 7.11 Å². The number of rotatable bonds is 3. The number of carbonyl (C=O) groups is 1. The molecule has 1 saturated carbocycles. The molecule has 1 unspecified atom stereocenters. The maximum Gasteiger partial charge on any atom is 0.323 e. The van der Waals surface area contributed by atoms with Crippen molar-refractivity contribution >= 4 is 5.97 Å². The summed E-state index contributed by atoms with van der Waals surface area (Å²) >= 11 is 0. The van der Waals surface area contributed by atoms with E-state index in [9.17, 15) is 4.79 Å². The smallest absolute Gasteiger partial charge is 0.323 e. The largest absolute Gasteiger partial charge is 0.468 e. The average molecular weight is 183 g/mol. The Kier molecular flexibility index (Phi) is 2.54. The molecule has 13 heavy (non-hydrogen) atoms. The van der Waals surface area contributed by atoms with E-state index in [1.165, 1.54) is 32.8 Å². The van der Waals surface area contributed by atoms with Crippen LogP contribution in [0.1, 0.15) is 25.7 Å². The van der Waals surface area contributed by atoms with Gasteiger partial charge in [-0.1, -0.05) is 0 Å². The normalized spacial score (nSPS) is 25.9. The van der Waals surface area contributed by atoms with Gasteiger partial charge >= 0.3 is 5.97 Å². The summed E-state index contributed by atoms with van der Waals surface area (Å²) in [7, 11) is 1.49. The highest BCUT2D eigenvalue weighted by molar-refractivity contribution is 5.76. The van der Waals surface area contributed by atoms with Crippen molar-refractivity contribution in [1.82, 2.24) is 4.90 Å². The fourth-order valence-corrected chi connectivity index (χ4v) is 2.19. The molecular formula is C10H17NO2. The standard InChI is InChI=1S/C10H17NO2/c1-13-10(12)9(8-4-5-8)11-6-2-3-7-11/h8-9H,2-7H2,1H3. The number of hydrogen-bond donors (Lipinski definition) is 0. The zero-order valence-corrected chi connectivity index (χ0v) is 8.16. The summed E-state index contributed by atoms with van der Waals surface area (Å²) in [4.78, 5) is 13.8. The van der Waals surface area contributed by atoms with Gasteiger partial charge in [0.2, 0.25) is 0 Å². The maximum absolute atomic E-state index is 11.5. The van der Waals surface area contributed by atoms with Gasteiger partial charge in [0.15, 0.2) is 0 Å². The van der Waals surface area contributed by atoms with Gasteiger partial charge in [0.25, 0.3) is 0 Å². The first kappa shape index (κ1) is 9.00.